The quantitative estimate of drug-likeness (QED) is 0.395. The molecule has 1 atom stereocenters. The molecule has 0 bridgehead atoms. The first kappa shape index (κ1) is 20.0. The lowest BCUT2D eigenvalue weighted by molar-refractivity contribution is 0.0285. The summed E-state index contributed by atoms with van der Waals surface area (Å²) < 4.78 is 22.8. The Bertz CT molecular complexity index is 199. The normalized spacial score (nSPS) is 13.7. The summed E-state index contributed by atoms with van der Waals surface area (Å²) in [6.45, 7) is 10.7. The van der Waals surface area contributed by atoms with Crippen molar-refractivity contribution < 1.29 is 23.1 Å². The topological polar surface area (TPSA) is 57.2 Å². The summed E-state index contributed by atoms with van der Waals surface area (Å²) in [6.07, 6.45) is 2.23. The van der Waals surface area contributed by atoms with E-state index in [1.54, 1.807) is 0 Å². The van der Waals surface area contributed by atoms with Crippen LogP contribution in [-0.4, -0.2) is 53.0 Å². The molecule has 5 nitrogen and oxygen atoms in total. The first-order valence-corrected chi connectivity index (χ1v) is 9.74. The maximum Gasteiger partial charge on any atom is 0.501 e. The summed E-state index contributed by atoms with van der Waals surface area (Å²) in [7, 11) is -2.53. The lowest BCUT2D eigenvalue weighted by atomic mass is 10.2. The van der Waals surface area contributed by atoms with Crippen molar-refractivity contribution in [1.82, 2.24) is 0 Å². The smallest absolute Gasteiger partial charge is 0.391 e. The molecule has 0 radical (unpaired) electrons. The second-order valence-corrected chi connectivity index (χ2v) is 7.34. The van der Waals surface area contributed by atoms with Crippen LogP contribution in [0, 0.1) is 0 Å². The fourth-order valence-electron chi connectivity index (χ4n) is 2.03. The van der Waals surface area contributed by atoms with Gasteiger partial charge in [0.1, 0.15) is 0 Å². The molecule has 1 N–H and O–H groups in total. The fourth-order valence-corrected chi connectivity index (χ4v) is 4.61. The Morgan fingerprint density at radius 3 is 1.95 bits per heavy atom. The number of aliphatic hydroxyl groups is 1. The number of rotatable bonds is 14. The van der Waals surface area contributed by atoms with Gasteiger partial charge in [0, 0.05) is 32.5 Å². The van der Waals surface area contributed by atoms with Gasteiger partial charge in [0.25, 0.3) is 0 Å². The largest absolute Gasteiger partial charge is 0.501 e. The van der Waals surface area contributed by atoms with Gasteiger partial charge in [0.2, 0.25) is 0 Å². The van der Waals surface area contributed by atoms with E-state index in [0.717, 1.165) is 25.3 Å². The summed E-state index contributed by atoms with van der Waals surface area (Å²) in [6, 6.07) is 0.756. The summed E-state index contributed by atoms with van der Waals surface area (Å²) in [5.74, 6) is 0. The van der Waals surface area contributed by atoms with Crippen LogP contribution in [0.1, 0.15) is 47.0 Å². The predicted molar refractivity (Wildman–Crippen MR) is 81.8 cm³/mol. The molecule has 0 aromatic carbocycles. The molecule has 0 saturated carbocycles. The third-order valence-corrected chi connectivity index (χ3v) is 5.95. The number of hydrogen-bond acceptors (Lipinski definition) is 5. The van der Waals surface area contributed by atoms with Crippen molar-refractivity contribution in [2.24, 2.45) is 0 Å². The maximum atomic E-state index is 9.57. The van der Waals surface area contributed by atoms with E-state index in [9.17, 15) is 5.11 Å². The van der Waals surface area contributed by atoms with E-state index in [2.05, 4.69) is 6.92 Å². The Balaban J connectivity index is 3.99. The zero-order valence-electron chi connectivity index (χ0n) is 13.5. The molecule has 6 heteroatoms. The average Bonchev–Trinajstić information content (AvgIpc) is 2.39. The SMILES string of the molecule is CCCC(O)COCCC[Si](OCC)(OCC)OCC. The van der Waals surface area contributed by atoms with Crippen molar-refractivity contribution in [2.75, 3.05) is 33.0 Å². The first-order chi connectivity index (χ1) is 9.64. The van der Waals surface area contributed by atoms with Crippen LogP contribution in [0.4, 0.5) is 0 Å². The van der Waals surface area contributed by atoms with E-state index in [-0.39, 0.29) is 6.10 Å². The summed E-state index contributed by atoms with van der Waals surface area (Å²) >= 11 is 0. The van der Waals surface area contributed by atoms with Gasteiger partial charge in [-0.1, -0.05) is 13.3 Å². The van der Waals surface area contributed by atoms with Crippen LogP contribution in [0.3, 0.4) is 0 Å². The van der Waals surface area contributed by atoms with E-state index in [1.807, 2.05) is 20.8 Å². The Hall–Kier alpha value is 0.0169. The van der Waals surface area contributed by atoms with Gasteiger partial charge in [-0.2, -0.15) is 0 Å². The van der Waals surface area contributed by atoms with Gasteiger partial charge in [-0.3, -0.25) is 0 Å². The van der Waals surface area contributed by atoms with Gasteiger partial charge < -0.3 is 23.1 Å². The Labute approximate surface area is 124 Å². The van der Waals surface area contributed by atoms with Gasteiger partial charge in [-0.25, -0.2) is 0 Å². The fraction of sp³-hybridized carbons (Fsp3) is 1.00. The Kier molecular flexibility index (Phi) is 12.7. The Morgan fingerprint density at radius 2 is 1.50 bits per heavy atom. The molecule has 0 aromatic heterocycles. The summed E-state index contributed by atoms with van der Waals surface area (Å²) in [4.78, 5) is 0. The molecule has 20 heavy (non-hydrogen) atoms. The number of aliphatic hydroxyl groups excluding tert-OH is 1. The minimum Gasteiger partial charge on any atom is -0.391 e. The van der Waals surface area contributed by atoms with Crippen LogP contribution in [0.15, 0.2) is 0 Å². The lowest BCUT2D eigenvalue weighted by Crippen LogP contribution is -2.46. The second-order valence-electron chi connectivity index (χ2n) is 4.60. The van der Waals surface area contributed by atoms with Gasteiger partial charge in [0.05, 0.1) is 12.7 Å². The minimum atomic E-state index is -2.53. The molecule has 0 aliphatic rings. The van der Waals surface area contributed by atoms with Crippen molar-refractivity contribution in [2.45, 2.75) is 59.1 Å². The Morgan fingerprint density at radius 1 is 0.950 bits per heavy atom. The van der Waals surface area contributed by atoms with E-state index in [1.165, 1.54) is 0 Å². The maximum absolute atomic E-state index is 9.57. The molecular weight excluding hydrogens is 276 g/mol. The van der Waals surface area contributed by atoms with Crippen LogP contribution in [0.5, 0.6) is 0 Å². The van der Waals surface area contributed by atoms with E-state index in [4.69, 9.17) is 18.0 Å². The molecule has 0 saturated heterocycles. The lowest BCUT2D eigenvalue weighted by Gasteiger charge is -2.28. The second kappa shape index (κ2) is 12.7. The van der Waals surface area contributed by atoms with Crippen LogP contribution in [0.2, 0.25) is 6.04 Å². The highest BCUT2D eigenvalue weighted by molar-refractivity contribution is 6.60. The van der Waals surface area contributed by atoms with Crippen molar-refractivity contribution in [3.8, 4) is 0 Å². The average molecular weight is 308 g/mol. The van der Waals surface area contributed by atoms with Crippen LogP contribution < -0.4 is 0 Å². The molecule has 0 aliphatic carbocycles. The van der Waals surface area contributed by atoms with Gasteiger partial charge >= 0.3 is 8.80 Å². The molecule has 0 aliphatic heterocycles. The van der Waals surface area contributed by atoms with Crippen molar-refractivity contribution >= 4 is 8.80 Å². The standard InChI is InChI=1S/C14H32O5Si/c1-5-10-14(15)13-16-11-9-12-20(17-6-2,18-7-3)19-8-4/h14-15H,5-13H2,1-4H3. The molecule has 0 heterocycles. The van der Waals surface area contributed by atoms with Crippen LogP contribution >= 0.6 is 0 Å². The zero-order valence-corrected chi connectivity index (χ0v) is 14.5. The van der Waals surface area contributed by atoms with Crippen molar-refractivity contribution in [1.29, 1.82) is 0 Å². The number of ether oxygens (including phenoxy) is 1. The van der Waals surface area contributed by atoms with E-state index >= 15 is 0 Å². The molecule has 0 amide bonds. The highest BCUT2D eigenvalue weighted by Gasteiger charge is 2.39. The molecule has 122 valence electrons. The van der Waals surface area contributed by atoms with Crippen LogP contribution in [-0.2, 0) is 18.0 Å². The predicted octanol–water partition coefficient (Wildman–Crippen LogP) is 2.60. The highest BCUT2D eigenvalue weighted by atomic mass is 28.4. The van der Waals surface area contributed by atoms with Crippen molar-refractivity contribution in [3.63, 3.8) is 0 Å². The molecule has 0 spiro atoms. The van der Waals surface area contributed by atoms with E-state index < -0.39 is 8.80 Å². The zero-order chi connectivity index (χ0) is 15.3. The minimum absolute atomic E-state index is 0.354. The van der Waals surface area contributed by atoms with E-state index in [0.29, 0.717) is 33.0 Å². The van der Waals surface area contributed by atoms with Crippen LogP contribution in [0.25, 0.3) is 0 Å². The first-order valence-electron chi connectivity index (χ1n) is 7.81. The molecule has 0 aromatic rings. The number of hydrogen-bond donors (Lipinski definition) is 1. The molecule has 1 unspecified atom stereocenters. The third-order valence-electron chi connectivity index (χ3n) is 2.80. The van der Waals surface area contributed by atoms with Gasteiger partial charge in [0.15, 0.2) is 0 Å². The van der Waals surface area contributed by atoms with Gasteiger partial charge in [-0.05, 0) is 33.6 Å². The third kappa shape index (κ3) is 9.04. The summed E-state index contributed by atoms with van der Waals surface area (Å²) in [5.41, 5.74) is 0. The monoisotopic (exact) mass is 308 g/mol. The van der Waals surface area contributed by atoms with Gasteiger partial charge in [-0.15, -0.1) is 0 Å². The molecule has 0 rings (SSSR count). The van der Waals surface area contributed by atoms with Crippen molar-refractivity contribution in [3.05, 3.63) is 0 Å². The molecule has 0 fully saturated rings. The highest BCUT2D eigenvalue weighted by Crippen LogP contribution is 2.18. The summed E-state index contributed by atoms with van der Waals surface area (Å²) in [5, 5.41) is 9.57. The molecular formula is C14H32O5Si.